The summed E-state index contributed by atoms with van der Waals surface area (Å²) in [6.45, 7) is 5.79. The number of thiazole rings is 1. The number of nitrogens with one attached hydrogen (secondary N) is 2. The van der Waals surface area contributed by atoms with Crippen molar-refractivity contribution in [3.63, 3.8) is 0 Å². The summed E-state index contributed by atoms with van der Waals surface area (Å²) in [5, 5.41) is 7.34. The lowest BCUT2D eigenvalue weighted by molar-refractivity contribution is -0.114. The Hall–Kier alpha value is -1.47. The highest BCUT2D eigenvalue weighted by molar-refractivity contribution is 7.14. The molecule has 106 valence electrons. The van der Waals surface area contributed by atoms with Gasteiger partial charge in [0.25, 0.3) is 5.91 Å². The summed E-state index contributed by atoms with van der Waals surface area (Å²) in [6, 6.07) is 0. The zero-order valence-electron chi connectivity index (χ0n) is 11.4. The Balaban J connectivity index is 2.59. The number of nitrogens with two attached hydrogens (primary N) is 1. The molecule has 7 heteroatoms. The molecule has 0 aromatic carbocycles. The van der Waals surface area contributed by atoms with Gasteiger partial charge in [0.05, 0.1) is 0 Å². The number of rotatable bonds is 6. The van der Waals surface area contributed by atoms with Crippen LogP contribution in [0.2, 0.25) is 0 Å². The number of amides is 2. The highest BCUT2D eigenvalue weighted by Crippen LogP contribution is 2.15. The van der Waals surface area contributed by atoms with E-state index in [1.165, 1.54) is 18.3 Å². The van der Waals surface area contributed by atoms with E-state index < -0.39 is 0 Å². The Kier molecular flexibility index (Phi) is 5.44. The van der Waals surface area contributed by atoms with Gasteiger partial charge in [-0.3, -0.25) is 9.59 Å². The number of aromatic nitrogens is 1. The van der Waals surface area contributed by atoms with Crippen molar-refractivity contribution in [2.24, 2.45) is 5.73 Å². The normalized spacial score (nSPS) is 11.2. The third-order valence-corrected chi connectivity index (χ3v) is 3.79. The van der Waals surface area contributed by atoms with Crippen LogP contribution < -0.4 is 16.4 Å². The smallest absolute Gasteiger partial charge is 0.270 e. The molecule has 1 heterocycles. The molecule has 2 amide bonds. The quantitative estimate of drug-likeness (QED) is 0.734. The second-order valence-corrected chi connectivity index (χ2v) is 5.33. The van der Waals surface area contributed by atoms with E-state index in [0.717, 1.165) is 12.8 Å². The van der Waals surface area contributed by atoms with Gasteiger partial charge in [0, 0.05) is 24.4 Å². The highest BCUT2D eigenvalue weighted by atomic mass is 32.1. The van der Waals surface area contributed by atoms with Crippen LogP contribution >= 0.6 is 11.3 Å². The molecule has 6 nitrogen and oxygen atoms in total. The van der Waals surface area contributed by atoms with Crippen LogP contribution in [0.5, 0.6) is 0 Å². The minimum Gasteiger partial charge on any atom is -0.349 e. The maximum absolute atomic E-state index is 11.9. The molecule has 4 N–H and O–H groups in total. The molecule has 0 radical (unpaired) electrons. The van der Waals surface area contributed by atoms with Gasteiger partial charge in [0.1, 0.15) is 5.69 Å². The summed E-state index contributed by atoms with van der Waals surface area (Å²) in [4.78, 5) is 26.8. The Labute approximate surface area is 116 Å². The number of hydrogen-bond donors (Lipinski definition) is 3. The van der Waals surface area contributed by atoms with Crippen LogP contribution in [0.15, 0.2) is 5.38 Å². The number of anilines is 1. The van der Waals surface area contributed by atoms with Crippen molar-refractivity contribution in [1.82, 2.24) is 10.3 Å². The molecule has 1 aromatic heterocycles. The van der Waals surface area contributed by atoms with Crippen molar-refractivity contribution >= 4 is 28.3 Å². The molecular formula is C12H20N4O2S. The van der Waals surface area contributed by atoms with Gasteiger partial charge >= 0.3 is 0 Å². The van der Waals surface area contributed by atoms with E-state index >= 15 is 0 Å². The molecule has 1 rings (SSSR count). The Morgan fingerprint density at radius 1 is 1.42 bits per heavy atom. The first-order valence-electron chi connectivity index (χ1n) is 6.20. The fraction of sp³-hybridized carbons (Fsp3) is 0.583. The Bertz CT molecular complexity index is 454. The van der Waals surface area contributed by atoms with Crippen LogP contribution in [0.25, 0.3) is 0 Å². The third-order valence-electron chi connectivity index (χ3n) is 3.03. The number of hydrogen-bond acceptors (Lipinski definition) is 5. The molecule has 1 aromatic rings. The summed E-state index contributed by atoms with van der Waals surface area (Å²) < 4.78 is 0. The van der Waals surface area contributed by atoms with Gasteiger partial charge < -0.3 is 16.4 Å². The lowest BCUT2D eigenvalue weighted by atomic mass is 9.94. The molecule has 0 aliphatic rings. The van der Waals surface area contributed by atoms with Crippen molar-refractivity contribution < 1.29 is 9.59 Å². The number of carbonyl (C=O) groups is 2. The van der Waals surface area contributed by atoms with E-state index in [2.05, 4.69) is 15.6 Å². The third kappa shape index (κ3) is 4.60. The van der Waals surface area contributed by atoms with Crippen molar-refractivity contribution in [3.05, 3.63) is 11.1 Å². The van der Waals surface area contributed by atoms with Crippen LogP contribution in [0, 0.1) is 0 Å². The summed E-state index contributed by atoms with van der Waals surface area (Å²) in [5.41, 5.74) is 6.02. The largest absolute Gasteiger partial charge is 0.349 e. The zero-order valence-corrected chi connectivity index (χ0v) is 12.3. The second kappa shape index (κ2) is 6.63. The zero-order chi connectivity index (χ0) is 14.5. The molecular weight excluding hydrogens is 264 g/mol. The lowest BCUT2D eigenvalue weighted by Crippen LogP contribution is -2.49. The first kappa shape index (κ1) is 15.6. The molecule has 0 saturated carbocycles. The van der Waals surface area contributed by atoms with E-state index in [0.29, 0.717) is 17.4 Å². The van der Waals surface area contributed by atoms with Crippen LogP contribution in [-0.4, -0.2) is 28.9 Å². The fourth-order valence-electron chi connectivity index (χ4n) is 1.43. The standard InChI is InChI=1S/C12H20N4O2S/c1-4-12(13,5-2)7-14-10(18)9-6-19-11(16-9)15-8(3)17/h6H,4-5,7,13H2,1-3H3,(H,14,18)(H,15,16,17). The van der Waals surface area contributed by atoms with Gasteiger partial charge in [-0.05, 0) is 12.8 Å². The number of carbonyl (C=O) groups excluding carboxylic acids is 2. The van der Waals surface area contributed by atoms with E-state index in [4.69, 9.17) is 5.73 Å². The topological polar surface area (TPSA) is 97.1 Å². The first-order valence-corrected chi connectivity index (χ1v) is 7.08. The van der Waals surface area contributed by atoms with Crippen molar-refractivity contribution in [3.8, 4) is 0 Å². The molecule has 0 aliphatic heterocycles. The lowest BCUT2D eigenvalue weighted by Gasteiger charge is -2.26. The van der Waals surface area contributed by atoms with E-state index in [-0.39, 0.29) is 17.4 Å². The van der Waals surface area contributed by atoms with E-state index in [1.807, 2.05) is 13.8 Å². The average Bonchev–Trinajstić information content (AvgIpc) is 2.83. The highest BCUT2D eigenvalue weighted by Gasteiger charge is 2.22. The monoisotopic (exact) mass is 284 g/mol. The SMILES string of the molecule is CCC(N)(CC)CNC(=O)c1csc(NC(C)=O)n1. The molecule has 0 spiro atoms. The molecule has 0 fully saturated rings. The molecule has 0 aliphatic carbocycles. The molecule has 19 heavy (non-hydrogen) atoms. The van der Waals surface area contributed by atoms with Crippen molar-refractivity contribution in [2.45, 2.75) is 39.2 Å². The van der Waals surface area contributed by atoms with Crippen molar-refractivity contribution in [1.29, 1.82) is 0 Å². The Morgan fingerprint density at radius 3 is 2.58 bits per heavy atom. The molecule has 0 bridgehead atoms. The Morgan fingerprint density at radius 2 is 2.05 bits per heavy atom. The van der Waals surface area contributed by atoms with Gasteiger partial charge in [-0.15, -0.1) is 11.3 Å². The maximum Gasteiger partial charge on any atom is 0.270 e. The van der Waals surface area contributed by atoms with Crippen LogP contribution in [0.1, 0.15) is 44.1 Å². The predicted molar refractivity (Wildman–Crippen MR) is 76.3 cm³/mol. The van der Waals surface area contributed by atoms with Gasteiger partial charge in [-0.2, -0.15) is 0 Å². The molecule has 0 saturated heterocycles. The second-order valence-electron chi connectivity index (χ2n) is 4.47. The van der Waals surface area contributed by atoms with Crippen LogP contribution in [-0.2, 0) is 4.79 Å². The summed E-state index contributed by atoms with van der Waals surface area (Å²) in [6.07, 6.45) is 1.58. The van der Waals surface area contributed by atoms with Crippen molar-refractivity contribution in [2.75, 3.05) is 11.9 Å². The predicted octanol–water partition coefficient (Wildman–Crippen LogP) is 1.35. The van der Waals surface area contributed by atoms with Gasteiger partial charge in [-0.1, -0.05) is 13.8 Å². The minimum atomic E-state index is -0.383. The summed E-state index contributed by atoms with van der Waals surface area (Å²) in [7, 11) is 0. The summed E-state index contributed by atoms with van der Waals surface area (Å²) in [5.74, 6) is -0.483. The molecule has 0 unspecified atom stereocenters. The van der Waals surface area contributed by atoms with E-state index in [9.17, 15) is 9.59 Å². The average molecular weight is 284 g/mol. The van der Waals surface area contributed by atoms with Crippen LogP contribution in [0.4, 0.5) is 5.13 Å². The molecule has 0 atom stereocenters. The first-order chi connectivity index (χ1) is 8.90. The number of nitrogens with zero attached hydrogens (tertiary/aromatic N) is 1. The van der Waals surface area contributed by atoms with Crippen LogP contribution in [0.3, 0.4) is 0 Å². The van der Waals surface area contributed by atoms with Gasteiger partial charge in [-0.25, -0.2) is 4.98 Å². The minimum absolute atomic E-state index is 0.209. The van der Waals surface area contributed by atoms with Gasteiger partial charge in [0.15, 0.2) is 5.13 Å². The maximum atomic E-state index is 11.9. The summed E-state index contributed by atoms with van der Waals surface area (Å²) >= 11 is 1.22. The van der Waals surface area contributed by atoms with E-state index in [1.54, 1.807) is 5.38 Å². The fourth-order valence-corrected chi connectivity index (χ4v) is 2.17. The van der Waals surface area contributed by atoms with Gasteiger partial charge in [0.2, 0.25) is 5.91 Å².